The second-order valence-corrected chi connectivity index (χ2v) is 11.1. The lowest BCUT2D eigenvalue weighted by molar-refractivity contribution is -0.188. The third kappa shape index (κ3) is 2.01. The second kappa shape index (κ2) is 6.33. The van der Waals surface area contributed by atoms with E-state index >= 15 is 0 Å². The molecule has 6 rings (SSSR count). The van der Waals surface area contributed by atoms with Gasteiger partial charge in [-0.2, -0.15) is 5.26 Å². The summed E-state index contributed by atoms with van der Waals surface area (Å²) in [5.41, 5.74) is 0.842. The number of nitriles is 1. The van der Waals surface area contributed by atoms with E-state index in [2.05, 4.69) is 19.2 Å². The number of aliphatic hydroxyl groups is 1. The van der Waals surface area contributed by atoms with Crippen molar-refractivity contribution in [3.8, 4) is 17.7 Å². The van der Waals surface area contributed by atoms with Gasteiger partial charge in [0.15, 0.2) is 17.7 Å². The highest BCUT2D eigenvalue weighted by Crippen LogP contribution is 2.80. The highest BCUT2D eigenvalue weighted by Gasteiger charge is 2.86. The van der Waals surface area contributed by atoms with Crippen LogP contribution in [-0.2, 0) is 16.6 Å². The Kier molecular flexibility index (Phi) is 4.08. The number of fused-ring (bicyclic) bond motifs is 2. The number of hydrogen-bond acceptors (Lipinski definition) is 6. The molecule has 0 radical (unpaired) electrons. The molecule has 2 heterocycles. The van der Waals surface area contributed by atoms with E-state index in [4.69, 9.17) is 14.2 Å². The van der Waals surface area contributed by atoms with Crippen molar-refractivity contribution in [3.63, 3.8) is 0 Å². The number of methoxy groups -OCH3 is 2. The molecule has 0 aromatic heterocycles. The molecule has 32 heavy (non-hydrogen) atoms. The predicted molar refractivity (Wildman–Crippen MR) is 119 cm³/mol. The monoisotopic (exact) mass is 438 g/mol. The SMILES string of the molecule is CCCCC(C)(O)[C@H]1C[C@@]23C[C@]1(OC)[C@@H]1Oc4c(OC)ccc5c4C12CCN(C#N)C3C5. The van der Waals surface area contributed by atoms with E-state index < -0.39 is 11.2 Å². The second-order valence-electron chi connectivity index (χ2n) is 11.1. The lowest BCUT2D eigenvalue weighted by Crippen LogP contribution is -2.70. The smallest absolute Gasteiger partial charge is 0.179 e. The molecule has 6 nitrogen and oxygen atoms in total. The third-order valence-corrected chi connectivity index (χ3v) is 10.1. The van der Waals surface area contributed by atoms with Gasteiger partial charge in [0.2, 0.25) is 0 Å². The van der Waals surface area contributed by atoms with Crippen LogP contribution >= 0.6 is 0 Å². The van der Waals surface area contributed by atoms with Gasteiger partial charge >= 0.3 is 0 Å². The van der Waals surface area contributed by atoms with Gasteiger partial charge in [-0.15, -0.1) is 0 Å². The van der Waals surface area contributed by atoms with Crippen molar-refractivity contribution < 1.29 is 19.3 Å². The molecule has 0 amide bonds. The number of hydrogen-bond donors (Lipinski definition) is 1. The molecule has 2 saturated carbocycles. The number of piperidine rings is 1. The molecule has 4 bridgehead atoms. The minimum atomic E-state index is -0.842. The molecule has 7 atom stereocenters. The van der Waals surface area contributed by atoms with Crippen molar-refractivity contribution in [2.75, 3.05) is 20.8 Å². The summed E-state index contributed by atoms with van der Waals surface area (Å²) < 4.78 is 19.1. The maximum atomic E-state index is 11.8. The van der Waals surface area contributed by atoms with Crippen LogP contribution in [0.5, 0.6) is 11.5 Å². The lowest BCUT2D eigenvalue weighted by atomic mass is 9.46. The number of nitrogens with zero attached hydrogens (tertiary/aromatic N) is 2. The molecule has 1 aromatic rings. The molecular weight excluding hydrogens is 404 g/mol. The zero-order valence-corrected chi connectivity index (χ0v) is 19.6. The Bertz CT molecular complexity index is 1020. The van der Waals surface area contributed by atoms with Gasteiger partial charge in [-0.05, 0) is 50.7 Å². The van der Waals surface area contributed by atoms with Crippen LogP contribution in [0.4, 0.5) is 0 Å². The first kappa shape index (κ1) is 20.6. The van der Waals surface area contributed by atoms with Crippen molar-refractivity contribution in [3.05, 3.63) is 23.3 Å². The van der Waals surface area contributed by atoms with Gasteiger partial charge in [-0.1, -0.05) is 25.8 Å². The van der Waals surface area contributed by atoms with Crippen LogP contribution in [0.25, 0.3) is 0 Å². The van der Waals surface area contributed by atoms with Gasteiger partial charge < -0.3 is 24.2 Å². The standard InChI is InChI=1S/C26H34N2O4/c1-5-6-9-23(2,29)18-13-24-14-26(18,31-4)22-25(24)10-11-28(15-27)19(24)12-16-7-8-17(30-3)21(32-22)20(16)25/h7-8,18-19,22,29H,5-6,9-14H2,1-4H3/t18-,19?,22-,23?,24+,25?,26-/m1/s1. The summed E-state index contributed by atoms with van der Waals surface area (Å²) in [5.74, 6) is 1.62. The van der Waals surface area contributed by atoms with Gasteiger partial charge in [0.25, 0.3) is 0 Å². The van der Waals surface area contributed by atoms with Crippen molar-refractivity contribution in [2.45, 2.75) is 87.6 Å². The fourth-order valence-corrected chi connectivity index (χ4v) is 8.98. The first-order valence-corrected chi connectivity index (χ1v) is 12.2. The average molecular weight is 439 g/mol. The Morgan fingerprint density at radius 3 is 2.88 bits per heavy atom. The first-order chi connectivity index (χ1) is 15.3. The third-order valence-electron chi connectivity index (χ3n) is 10.1. The lowest BCUT2D eigenvalue weighted by Gasteiger charge is -2.61. The van der Waals surface area contributed by atoms with Crippen LogP contribution in [-0.4, -0.2) is 54.1 Å². The normalized spacial score (nSPS) is 41.6. The van der Waals surface area contributed by atoms with Gasteiger partial charge in [0.05, 0.1) is 12.7 Å². The Labute approximate surface area is 190 Å². The van der Waals surface area contributed by atoms with Crippen LogP contribution in [0.1, 0.15) is 63.5 Å². The van der Waals surface area contributed by atoms with Crippen LogP contribution in [0.15, 0.2) is 12.1 Å². The number of unbranched alkanes of at least 4 members (excludes halogenated alkanes) is 1. The highest BCUT2D eigenvalue weighted by molar-refractivity contribution is 5.65. The molecule has 3 unspecified atom stereocenters. The van der Waals surface area contributed by atoms with Crippen molar-refractivity contribution >= 4 is 0 Å². The number of ether oxygens (including phenoxy) is 3. The zero-order chi connectivity index (χ0) is 22.5. The van der Waals surface area contributed by atoms with Gasteiger partial charge in [-0.25, -0.2) is 0 Å². The summed E-state index contributed by atoms with van der Waals surface area (Å²) in [4.78, 5) is 2.02. The highest BCUT2D eigenvalue weighted by atomic mass is 16.6. The summed E-state index contributed by atoms with van der Waals surface area (Å²) in [6, 6.07) is 4.29. The molecule has 3 fully saturated rings. The molecule has 3 aliphatic carbocycles. The number of rotatable bonds is 6. The number of benzene rings is 1. The Morgan fingerprint density at radius 2 is 2.19 bits per heavy atom. The molecule has 1 aromatic carbocycles. The van der Waals surface area contributed by atoms with Crippen molar-refractivity contribution in [2.24, 2.45) is 11.3 Å². The van der Waals surface area contributed by atoms with Crippen molar-refractivity contribution in [1.82, 2.24) is 4.90 Å². The molecule has 2 aliphatic heterocycles. The van der Waals surface area contributed by atoms with Gasteiger partial charge in [0, 0.05) is 42.0 Å². The quantitative estimate of drug-likeness (QED) is 0.685. The summed E-state index contributed by atoms with van der Waals surface area (Å²) in [5, 5.41) is 21.8. The molecule has 5 aliphatic rings. The minimum absolute atomic E-state index is 0.0346. The Hall–Kier alpha value is -1.97. The molecule has 6 heteroatoms. The van der Waals surface area contributed by atoms with Crippen LogP contribution < -0.4 is 9.47 Å². The average Bonchev–Trinajstić information content (AvgIpc) is 3.40. The maximum Gasteiger partial charge on any atom is 0.179 e. The van der Waals surface area contributed by atoms with Gasteiger partial charge in [-0.3, -0.25) is 0 Å². The van der Waals surface area contributed by atoms with Crippen LogP contribution in [0.2, 0.25) is 0 Å². The topological polar surface area (TPSA) is 75.0 Å². The summed E-state index contributed by atoms with van der Waals surface area (Å²) in [6.45, 7) is 4.90. The van der Waals surface area contributed by atoms with Crippen molar-refractivity contribution in [1.29, 1.82) is 5.26 Å². The van der Waals surface area contributed by atoms with Crippen LogP contribution in [0, 0.1) is 22.8 Å². The van der Waals surface area contributed by atoms with E-state index in [0.29, 0.717) is 0 Å². The summed E-state index contributed by atoms with van der Waals surface area (Å²) in [6.07, 6.45) is 8.56. The molecule has 1 N–H and O–H groups in total. The van der Waals surface area contributed by atoms with E-state index in [1.165, 1.54) is 11.1 Å². The first-order valence-electron chi connectivity index (χ1n) is 12.2. The largest absolute Gasteiger partial charge is 0.493 e. The van der Waals surface area contributed by atoms with Crippen LogP contribution in [0.3, 0.4) is 0 Å². The molecular formula is C26H34N2O4. The van der Waals surface area contributed by atoms with E-state index in [-0.39, 0.29) is 28.9 Å². The van der Waals surface area contributed by atoms with E-state index in [0.717, 1.165) is 63.0 Å². The zero-order valence-electron chi connectivity index (χ0n) is 19.6. The van der Waals surface area contributed by atoms with E-state index in [1.807, 2.05) is 17.9 Å². The predicted octanol–water partition coefficient (Wildman–Crippen LogP) is 3.54. The fraction of sp³-hybridized carbons (Fsp3) is 0.731. The van der Waals surface area contributed by atoms with E-state index in [1.54, 1.807) is 14.2 Å². The molecule has 172 valence electrons. The molecule has 2 spiro atoms. The summed E-state index contributed by atoms with van der Waals surface area (Å²) in [7, 11) is 3.50. The van der Waals surface area contributed by atoms with E-state index in [9.17, 15) is 10.4 Å². The molecule has 1 saturated heterocycles. The summed E-state index contributed by atoms with van der Waals surface area (Å²) >= 11 is 0. The fourth-order valence-electron chi connectivity index (χ4n) is 8.98. The maximum absolute atomic E-state index is 11.8. The number of likely N-dealkylation sites (tertiary alicyclic amines) is 1. The van der Waals surface area contributed by atoms with Gasteiger partial charge in [0.1, 0.15) is 11.7 Å². The Balaban J connectivity index is 1.59. The minimum Gasteiger partial charge on any atom is -0.493 e. The Morgan fingerprint density at radius 1 is 1.38 bits per heavy atom.